The zero-order chi connectivity index (χ0) is 34.2. The molecule has 3 aromatic heterocycles. The first-order chi connectivity index (χ1) is 23.0. The minimum absolute atomic E-state index is 0.0553. The summed E-state index contributed by atoms with van der Waals surface area (Å²) < 4.78 is 2.21. The molecule has 0 unspecified atom stereocenters. The highest BCUT2D eigenvalue weighted by atomic mass is 79.9. The number of benzene rings is 1. The van der Waals surface area contributed by atoms with E-state index in [1.807, 2.05) is 56.3 Å². The number of allylic oxidation sites excluding steroid dienone is 2. The van der Waals surface area contributed by atoms with Crippen molar-refractivity contribution in [2.75, 3.05) is 25.5 Å². The van der Waals surface area contributed by atoms with E-state index in [2.05, 4.69) is 60.2 Å². The van der Waals surface area contributed by atoms with Crippen LogP contribution in [0.2, 0.25) is 0 Å². The quantitative estimate of drug-likeness (QED) is 0.114. The van der Waals surface area contributed by atoms with Gasteiger partial charge < -0.3 is 15.1 Å². The van der Waals surface area contributed by atoms with E-state index in [1.165, 1.54) is 6.92 Å². The van der Waals surface area contributed by atoms with Gasteiger partial charge in [-0.05, 0) is 98.4 Å². The molecule has 2 aliphatic rings. The highest BCUT2D eigenvalue weighted by Gasteiger charge is 2.67. The standard InChI is InChI=1S/C36H41BrN8O3/c1-6-8-9-24-11-13-31(37)40-34(24)41-35(48)29-16-36(21-43(5)14-7-2)17-30(36)45(29)32(47)20-44-28-12-10-25(26-18-38-23(4)39-19-26)15-27(28)33(42-44)22(3)46/h6,8,10-13,15,18-19,29-30H,7,9,14,16-17,20-21H2,1-5H3,(H,40,41,48)/b8-6+/t29-,30+,36-/m0/s1. The number of likely N-dealkylation sites (tertiary alicyclic amines) is 1. The topological polar surface area (TPSA) is 126 Å². The highest BCUT2D eigenvalue weighted by Crippen LogP contribution is 2.60. The third kappa shape index (κ3) is 6.68. The minimum atomic E-state index is -0.663. The Hall–Kier alpha value is -4.29. The Morgan fingerprint density at radius 1 is 1.12 bits per heavy atom. The Morgan fingerprint density at radius 3 is 2.60 bits per heavy atom. The molecule has 4 aromatic rings. The maximum atomic E-state index is 14.3. The van der Waals surface area contributed by atoms with E-state index in [4.69, 9.17) is 0 Å². The van der Waals surface area contributed by atoms with E-state index in [1.54, 1.807) is 22.0 Å². The van der Waals surface area contributed by atoms with Gasteiger partial charge in [-0.3, -0.25) is 19.1 Å². The number of ketones is 1. The van der Waals surface area contributed by atoms with Crippen LogP contribution >= 0.6 is 15.9 Å². The average Bonchev–Trinajstić information content (AvgIpc) is 3.45. The summed E-state index contributed by atoms with van der Waals surface area (Å²) in [4.78, 5) is 58.4. The molecule has 3 atom stereocenters. The third-order valence-electron chi connectivity index (χ3n) is 9.44. The highest BCUT2D eigenvalue weighted by molar-refractivity contribution is 9.10. The molecule has 250 valence electrons. The number of amides is 2. The second-order valence-corrected chi connectivity index (χ2v) is 13.9. The summed E-state index contributed by atoms with van der Waals surface area (Å²) >= 11 is 3.44. The Labute approximate surface area is 289 Å². The zero-order valence-electron chi connectivity index (χ0n) is 28.0. The van der Waals surface area contributed by atoms with Crippen LogP contribution < -0.4 is 5.32 Å². The summed E-state index contributed by atoms with van der Waals surface area (Å²) in [6.45, 7) is 9.06. The van der Waals surface area contributed by atoms with Crippen LogP contribution in [0, 0.1) is 12.3 Å². The van der Waals surface area contributed by atoms with Crippen molar-refractivity contribution in [3.63, 3.8) is 0 Å². The van der Waals surface area contributed by atoms with Crippen molar-refractivity contribution < 1.29 is 14.4 Å². The number of anilines is 1. The summed E-state index contributed by atoms with van der Waals surface area (Å²) in [7, 11) is 2.10. The number of nitrogens with one attached hydrogen (secondary N) is 1. The lowest BCUT2D eigenvalue weighted by Gasteiger charge is -2.27. The number of halogens is 1. The molecular weight excluding hydrogens is 672 g/mol. The number of Topliss-reactive ketones (excluding diaryl/α,β-unsaturated/α-hetero) is 1. The molecule has 0 bridgehead atoms. The molecule has 1 saturated heterocycles. The van der Waals surface area contributed by atoms with Crippen LogP contribution in [-0.2, 0) is 22.6 Å². The Bertz CT molecular complexity index is 1910. The lowest BCUT2D eigenvalue weighted by Crippen LogP contribution is -2.47. The molecule has 1 aliphatic heterocycles. The number of aromatic nitrogens is 5. The number of piperidine rings is 1. The molecule has 1 aromatic carbocycles. The second-order valence-electron chi connectivity index (χ2n) is 13.1. The van der Waals surface area contributed by atoms with Gasteiger partial charge in [-0.2, -0.15) is 5.10 Å². The average molecular weight is 714 g/mol. The maximum absolute atomic E-state index is 14.3. The number of fused-ring (bicyclic) bond motifs is 2. The van der Waals surface area contributed by atoms with Crippen molar-refractivity contribution in [1.82, 2.24) is 34.5 Å². The van der Waals surface area contributed by atoms with Crippen molar-refractivity contribution in [2.45, 2.75) is 72.0 Å². The van der Waals surface area contributed by atoms with E-state index in [0.29, 0.717) is 45.7 Å². The van der Waals surface area contributed by atoms with E-state index in [9.17, 15) is 14.4 Å². The first-order valence-corrected chi connectivity index (χ1v) is 17.2. The van der Waals surface area contributed by atoms with Gasteiger partial charge in [-0.1, -0.05) is 31.2 Å². The number of rotatable bonds is 12. The molecule has 12 heteroatoms. The van der Waals surface area contributed by atoms with Gasteiger partial charge in [0, 0.05) is 48.3 Å². The minimum Gasteiger partial charge on any atom is -0.325 e. The van der Waals surface area contributed by atoms with Crippen molar-refractivity contribution in [1.29, 1.82) is 0 Å². The Kier molecular flexibility index (Phi) is 9.57. The number of aryl methyl sites for hydroxylation is 1. The van der Waals surface area contributed by atoms with Crippen LogP contribution in [0.4, 0.5) is 5.82 Å². The second kappa shape index (κ2) is 13.7. The lowest BCUT2D eigenvalue weighted by atomic mass is 9.98. The molecule has 11 nitrogen and oxygen atoms in total. The monoisotopic (exact) mass is 712 g/mol. The largest absolute Gasteiger partial charge is 0.325 e. The smallest absolute Gasteiger partial charge is 0.248 e. The molecule has 6 rings (SSSR count). The first-order valence-electron chi connectivity index (χ1n) is 16.4. The molecule has 1 N–H and O–H groups in total. The van der Waals surface area contributed by atoms with Crippen LogP contribution in [0.1, 0.15) is 61.9 Å². The van der Waals surface area contributed by atoms with E-state index >= 15 is 0 Å². The van der Waals surface area contributed by atoms with Gasteiger partial charge in [0.05, 0.1) is 5.52 Å². The van der Waals surface area contributed by atoms with E-state index < -0.39 is 6.04 Å². The van der Waals surface area contributed by atoms with Crippen LogP contribution in [0.25, 0.3) is 22.0 Å². The van der Waals surface area contributed by atoms with Gasteiger partial charge in [-0.25, -0.2) is 15.0 Å². The Morgan fingerprint density at radius 2 is 1.90 bits per heavy atom. The normalized spacial score (nSPS) is 20.1. The SMILES string of the molecule is C/C=C/Cc1ccc(Br)nc1NC(=O)[C@@H]1C[C@@]2(CN(C)CCC)C[C@H]2N1C(=O)Cn1nc(C(C)=O)c2cc(-c3cnc(C)nc3)ccc21. The van der Waals surface area contributed by atoms with Crippen LogP contribution in [0.15, 0.2) is 59.5 Å². The molecular formula is C36H41BrN8O3. The summed E-state index contributed by atoms with van der Waals surface area (Å²) in [6, 6.07) is 8.76. The summed E-state index contributed by atoms with van der Waals surface area (Å²) in [5, 5.41) is 8.34. The third-order valence-corrected chi connectivity index (χ3v) is 9.88. The molecule has 2 amide bonds. The number of hydrogen-bond acceptors (Lipinski definition) is 8. The van der Waals surface area contributed by atoms with Gasteiger partial charge in [0.1, 0.15) is 34.5 Å². The van der Waals surface area contributed by atoms with Gasteiger partial charge in [0.2, 0.25) is 11.8 Å². The number of nitrogens with zero attached hydrogens (tertiary/aromatic N) is 7. The molecule has 0 radical (unpaired) electrons. The maximum Gasteiger partial charge on any atom is 0.248 e. The van der Waals surface area contributed by atoms with Crippen molar-refractivity contribution in [3.05, 3.63) is 76.6 Å². The lowest BCUT2D eigenvalue weighted by molar-refractivity contribution is -0.138. The summed E-state index contributed by atoms with van der Waals surface area (Å²) in [5.74, 6) is 0.502. The van der Waals surface area contributed by atoms with Crippen molar-refractivity contribution in [3.8, 4) is 11.1 Å². The predicted octanol–water partition coefficient (Wildman–Crippen LogP) is 5.62. The first kappa shape index (κ1) is 33.6. The van der Waals surface area contributed by atoms with Gasteiger partial charge >= 0.3 is 0 Å². The van der Waals surface area contributed by atoms with Crippen LogP contribution in [-0.4, -0.2) is 84.4 Å². The van der Waals surface area contributed by atoms with Crippen molar-refractivity contribution in [2.24, 2.45) is 5.41 Å². The number of carbonyl (C=O) groups excluding carboxylic acids is 3. The fraction of sp³-hybridized carbons (Fsp3) is 0.417. The number of hydrogen-bond donors (Lipinski definition) is 1. The molecule has 4 heterocycles. The van der Waals surface area contributed by atoms with Gasteiger partial charge in [0.15, 0.2) is 5.78 Å². The molecule has 1 aliphatic carbocycles. The van der Waals surface area contributed by atoms with Gasteiger partial charge in [0.25, 0.3) is 0 Å². The predicted molar refractivity (Wildman–Crippen MR) is 188 cm³/mol. The number of pyridine rings is 1. The fourth-order valence-corrected chi connectivity index (χ4v) is 7.42. The molecule has 0 spiro atoms. The van der Waals surface area contributed by atoms with E-state index in [0.717, 1.165) is 42.6 Å². The molecule has 1 saturated carbocycles. The van der Waals surface area contributed by atoms with Crippen molar-refractivity contribution >= 4 is 50.2 Å². The summed E-state index contributed by atoms with van der Waals surface area (Å²) in [6.07, 6.45) is 10.5. The molecule has 48 heavy (non-hydrogen) atoms. The van der Waals surface area contributed by atoms with E-state index in [-0.39, 0.29) is 35.6 Å². The van der Waals surface area contributed by atoms with Crippen LogP contribution in [0.3, 0.4) is 0 Å². The van der Waals surface area contributed by atoms with Crippen LogP contribution in [0.5, 0.6) is 0 Å². The zero-order valence-corrected chi connectivity index (χ0v) is 29.6. The Balaban J connectivity index is 1.31. The fourth-order valence-electron chi connectivity index (χ4n) is 7.11. The summed E-state index contributed by atoms with van der Waals surface area (Å²) in [5.41, 5.74) is 3.36. The van der Waals surface area contributed by atoms with Gasteiger partial charge in [-0.15, -0.1) is 0 Å². The number of carbonyl (C=O) groups is 3. The molecule has 2 fully saturated rings.